The van der Waals surface area contributed by atoms with Crippen molar-refractivity contribution in [3.05, 3.63) is 59.7 Å². The number of carboxylic acids is 1. The van der Waals surface area contributed by atoms with E-state index in [0.29, 0.717) is 6.61 Å². The fourth-order valence-electron chi connectivity index (χ4n) is 3.49. The maximum absolute atomic E-state index is 12.2. The molecule has 28 heavy (non-hydrogen) atoms. The zero-order chi connectivity index (χ0) is 19.9. The second-order valence-electron chi connectivity index (χ2n) is 6.76. The van der Waals surface area contributed by atoms with Crippen molar-refractivity contribution in [2.24, 2.45) is 0 Å². The van der Waals surface area contributed by atoms with Crippen molar-refractivity contribution in [1.82, 2.24) is 5.32 Å². The Kier molecular flexibility index (Phi) is 6.66. The van der Waals surface area contributed by atoms with E-state index in [-0.39, 0.29) is 25.6 Å². The Balaban J connectivity index is 1.60. The number of hydrogen-bond donors (Lipinski definition) is 2. The molecule has 1 amide bonds. The van der Waals surface area contributed by atoms with Gasteiger partial charge in [0.2, 0.25) is 0 Å². The Morgan fingerprint density at radius 2 is 1.64 bits per heavy atom. The molecule has 1 unspecified atom stereocenters. The number of rotatable bonds is 9. The number of carbonyl (C=O) groups is 2. The van der Waals surface area contributed by atoms with Gasteiger partial charge in [0.15, 0.2) is 0 Å². The van der Waals surface area contributed by atoms with Gasteiger partial charge in [0, 0.05) is 25.6 Å². The maximum atomic E-state index is 12.2. The number of carbonyl (C=O) groups excluding carboxylic acids is 1. The third kappa shape index (κ3) is 4.51. The zero-order valence-electron chi connectivity index (χ0n) is 15.9. The largest absolute Gasteiger partial charge is 0.480 e. The van der Waals surface area contributed by atoms with Crippen LogP contribution in [0.2, 0.25) is 0 Å². The first-order valence-corrected chi connectivity index (χ1v) is 9.54. The van der Waals surface area contributed by atoms with Gasteiger partial charge in [-0.05, 0) is 28.7 Å². The van der Waals surface area contributed by atoms with Crippen molar-refractivity contribution < 1.29 is 24.2 Å². The molecule has 0 saturated carbocycles. The van der Waals surface area contributed by atoms with E-state index in [0.717, 1.165) is 28.7 Å². The molecule has 1 atom stereocenters. The predicted molar refractivity (Wildman–Crippen MR) is 105 cm³/mol. The van der Waals surface area contributed by atoms with Gasteiger partial charge in [-0.25, -0.2) is 9.59 Å². The van der Waals surface area contributed by atoms with Crippen LogP contribution in [0.5, 0.6) is 0 Å². The first-order chi connectivity index (χ1) is 13.6. The fraction of sp³-hybridized carbons (Fsp3) is 0.364. The normalized spacial score (nSPS) is 13.5. The number of aliphatic carboxylic acids is 1. The van der Waals surface area contributed by atoms with Crippen molar-refractivity contribution in [3.63, 3.8) is 0 Å². The Morgan fingerprint density at radius 1 is 1.04 bits per heavy atom. The highest BCUT2D eigenvalue weighted by Gasteiger charge is 2.29. The fourth-order valence-corrected chi connectivity index (χ4v) is 3.49. The second-order valence-corrected chi connectivity index (χ2v) is 6.76. The SMILES string of the molecule is CCCOCCC(NC(=O)OCC1c2ccccc2-c2ccccc21)C(=O)O. The topological polar surface area (TPSA) is 84.9 Å². The van der Waals surface area contributed by atoms with Crippen LogP contribution in [0.4, 0.5) is 4.79 Å². The molecule has 148 valence electrons. The van der Waals surface area contributed by atoms with E-state index in [1.807, 2.05) is 43.3 Å². The highest BCUT2D eigenvalue weighted by Crippen LogP contribution is 2.44. The Bertz CT molecular complexity index is 790. The Morgan fingerprint density at radius 3 is 2.21 bits per heavy atom. The van der Waals surface area contributed by atoms with Crippen LogP contribution < -0.4 is 5.32 Å². The highest BCUT2D eigenvalue weighted by atomic mass is 16.5. The van der Waals surface area contributed by atoms with Crippen LogP contribution in [-0.2, 0) is 14.3 Å². The second kappa shape index (κ2) is 9.37. The number of alkyl carbamates (subject to hydrolysis) is 1. The number of nitrogens with one attached hydrogen (secondary N) is 1. The van der Waals surface area contributed by atoms with Gasteiger partial charge < -0.3 is 19.9 Å². The molecule has 1 aliphatic rings. The lowest BCUT2D eigenvalue weighted by Gasteiger charge is -2.17. The van der Waals surface area contributed by atoms with Gasteiger partial charge in [-0.2, -0.15) is 0 Å². The minimum absolute atomic E-state index is 0.0608. The third-order valence-electron chi connectivity index (χ3n) is 4.83. The minimum Gasteiger partial charge on any atom is -0.480 e. The van der Waals surface area contributed by atoms with E-state index in [1.165, 1.54) is 0 Å². The molecule has 0 saturated heterocycles. The molecule has 0 bridgehead atoms. The summed E-state index contributed by atoms with van der Waals surface area (Å²) in [6, 6.07) is 15.1. The average molecular weight is 383 g/mol. The van der Waals surface area contributed by atoms with E-state index < -0.39 is 18.1 Å². The molecule has 0 heterocycles. The van der Waals surface area contributed by atoms with E-state index in [2.05, 4.69) is 17.4 Å². The lowest BCUT2D eigenvalue weighted by molar-refractivity contribution is -0.139. The number of amides is 1. The number of carboxylic acid groups (broad SMARTS) is 1. The summed E-state index contributed by atoms with van der Waals surface area (Å²) < 4.78 is 10.7. The molecule has 2 aromatic rings. The summed E-state index contributed by atoms with van der Waals surface area (Å²) in [6.45, 7) is 2.97. The highest BCUT2D eigenvalue weighted by molar-refractivity contribution is 5.81. The smallest absolute Gasteiger partial charge is 0.407 e. The summed E-state index contributed by atoms with van der Waals surface area (Å²) in [7, 11) is 0. The summed E-state index contributed by atoms with van der Waals surface area (Å²) in [5.74, 6) is -1.16. The summed E-state index contributed by atoms with van der Waals surface area (Å²) in [4.78, 5) is 23.6. The number of ether oxygens (including phenoxy) is 2. The average Bonchev–Trinajstić information content (AvgIpc) is 3.02. The molecular weight excluding hydrogens is 358 g/mol. The van der Waals surface area contributed by atoms with Crippen molar-refractivity contribution >= 4 is 12.1 Å². The summed E-state index contributed by atoms with van der Waals surface area (Å²) >= 11 is 0. The van der Waals surface area contributed by atoms with Crippen LogP contribution in [-0.4, -0.2) is 43.0 Å². The third-order valence-corrected chi connectivity index (χ3v) is 4.83. The first-order valence-electron chi connectivity index (χ1n) is 9.54. The number of fused-ring (bicyclic) bond motifs is 3. The summed E-state index contributed by atoms with van der Waals surface area (Å²) in [5, 5.41) is 11.7. The molecule has 0 spiro atoms. The minimum atomic E-state index is -1.10. The van der Waals surface area contributed by atoms with Crippen molar-refractivity contribution in [3.8, 4) is 11.1 Å². The molecular formula is C22H25NO5. The first kappa shape index (κ1) is 19.9. The van der Waals surface area contributed by atoms with Crippen molar-refractivity contribution in [1.29, 1.82) is 0 Å². The van der Waals surface area contributed by atoms with Crippen LogP contribution in [0.25, 0.3) is 11.1 Å². The molecule has 6 nitrogen and oxygen atoms in total. The molecule has 6 heteroatoms. The molecule has 2 aromatic carbocycles. The lowest BCUT2D eigenvalue weighted by Crippen LogP contribution is -2.42. The molecule has 0 aromatic heterocycles. The van der Waals surface area contributed by atoms with Crippen molar-refractivity contribution in [2.75, 3.05) is 19.8 Å². The van der Waals surface area contributed by atoms with Gasteiger partial charge in [0.25, 0.3) is 0 Å². The van der Waals surface area contributed by atoms with E-state index in [9.17, 15) is 14.7 Å². The summed E-state index contributed by atoms with van der Waals surface area (Å²) in [5.41, 5.74) is 4.51. The predicted octanol–water partition coefficient (Wildman–Crippen LogP) is 3.80. The number of hydrogen-bond acceptors (Lipinski definition) is 4. The Labute approximate surface area is 164 Å². The maximum Gasteiger partial charge on any atom is 0.407 e. The quantitative estimate of drug-likeness (QED) is 0.644. The summed E-state index contributed by atoms with van der Waals surface area (Å²) in [6.07, 6.45) is 0.321. The van der Waals surface area contributed by atoms with Gasteiger partial charge in [0.1, 0.15) is 12.6 Å². The monoisotopic (exact) mass is 383 g/mol. The van der Waals surface area contributed by atoms with Crippen molar-refractivity contribution in [2.45, 2.75) is 31.7 Å². The van der Waals surface area contributed by atoms with E-state index in [4.69, 9.17) is 9.47 Å². The number of benzene rings is 2. The van der Waals surface area contributed by atoms with E-state index in [1.54, 1.807) is 0 Å². The van der Waals surface area contributed by atoms with E-state index >= 15 is 0 Å². The van der Waals surface area contributed by atoms with Crippen LogP contribution in [0.3, 0.4) is 0 Å². The zero-order valence-corrected chi connectivity index (χ0v) is 15.9. The van der Waals surface area contributed by atoms with Gasteiger partial charge in [-0.1, -0.05) is 55.5 Å². The van der Waals surface area contributed by atoms with Crippen LogP contribution >= 0.6 is 0 Å². The molecule has 0 radical (unpaired) electrons. The molecule has 0 aliphatic heterocycles. The molecule has 0 fully saturated rings. The van der Waals surface area contributed by atoms with Gasteiger partial charge >= 0.3 is 12.1 Å². The molecule has 2 N–H and O–H groups in total. The van der Waals surface area contributed by atoms with Crippen LogP contribution in [0, 0.1) is 0 Å². The molecule has 1 aliphatic carbocycles. The van der Waals surface area contributed by atoms with Gasteiger partial charge in [-0.15, -0.1) is 0 Å². The lowest BCUT2D eigenvalue weighted by atomic mass is 9.98. The standard InChI is InChI=1S/C22H25NO5/c1-2-12-27-13-11-20(21(24)25)23-22(26)28-14-19-17-9-5-3-7-15(17)16-8-4-6-10-18(16)19/h3-10,19-20H,2,11-14H2,1H3,(H,23,26)(H,24,25). The van der Waals surface area contributed by atoms with Gasteiger partial charge in [0.05, 0.1) is 0 Å². The Hall–Kier alpha value is -2.86. The van der Waals surface area contributed by atoms with Gasteiger partial charge in [-0.3, -0.25) is 0 Å². The molecule has 3 rings (SSSR count). The van der Waals surface area contributed by atoms with Crippen LogP contribution in [0.15, 0.2) is 48.5 Å². The van der Waals surface area contributed by atoms with Crippen LogP contribution in [0.1, 0.15) is 36.8 Å².